The van der Waals surface area contributed by atoms with Crippen LogP contribution in [0.2, 0.25) is 0 Å². The minimum absolute atomic E-state index is 0.0240. The average molecular weight is 265 g/mol. The fraction of sp³-hybridized carbons (Fsp3) is 0.308. The summed E-state index contributed by atoms with van der Waals surface area (Å²) in [5.41, 5.74) is 0.0934. The van der Waals surface area contributed by atoms with E-state index in [0.29, 0.717) is 0 Å². The second-order valence-electron chi connectivity index (χ2n) is 4.42. The largest absolute Gasteiger partial charge is 0.480 e. The maximum absolute atomic E-state index is 11.9. The van der Waals surface area contributed by atoms with Crippen molar-refractivity contribution in [3.63, 3.8) is 0 Å². The number of hydrogen-bond donors (Lipinski definition) is 3. The summed E-state index contributed by atoms with van der Waals surface area (Å²) in [6.07, 6.45) is 0. The molecular weight excluding hydrogens is 250 g/mol. The number of benzene rings is 1. The van der Waals surface area contributed by atoms with E-state index in [2.05, 4.69) is 5.32 Å². The van der Waals surface area contributed by atoms with Crippen molar-refractivity contribution in [1.82, 2.24) is 5.32 Å². The number of amides is 1. The van der Waals surface area contributed by atoms with Crippen LogP contribution in [-0.4, -0.2) is 34.1 Å². The van der Waals surface area contributed by atoms with Gasteiger partial charge in [-0.2, -0.15) is 0 Å². The van der Waals surface area contributed by atoms with Gasteiger partial charge in [-0.25, -0.2) is 9.59 Å². The van der Waals surface area contributed by atoms with Crippen LogP contribution >= 0.6 is 0 Å². The number of nitrogens with one attached hydrogen (secondary N) is 1. The SMILES string of the molecule is CC(C)[C@H](NC(=O)c1cccc(C(=O)O)c1)C(=O)O. The van der Waals surface area contributed by atoms with Crippen LogP contribution < -0.4 is 5.32 Å². The Kier molecular flexibility index (Phi) is 4.63. The standard InChI is InChI=1S/C13H15NO5/c1-7(2)10(13(18)19)14-11(15)8-4-3-5-9(6-8)12(16)17/h3-7,10H,1-2H3,(H,14,15)(H,16,17)(H,18,19)/t10-/m0/s1. The molecule has 1 aromatic carbocycles. The van der Waals surface area contributed by atoms with Gasteiger partial charge in [0.05, 0.1) is 5.56 Å². The summed E-state index contributed by atoms with van der Waals surface area (Å²) in [7, 11) is 0. The molecule has 0 aliphatic rings. The fourth-order valence-corrected chi connectivity index (χ4v) is 1.53. The van der Waals surface area contributed by atoms with Crippen LogP contribution in [0.3, 0.4) is 0 Å². The van der Waals surface area contributed by atoms with Crippen molar-refractivity contribution in [1.29, 1.82) is 0 Å². The van der Waals surface area contributed by atoms with Crippen molar-refractivity contribution in [2.24, 2.45) is 5.92 Å². The second-order valence-corrected chi connectivity index (χ2v) is 4.42. The minimum atomic E-state index is -1.15. The fourth-order valence-electron chi connectivity index (χ4n) is 1.53. The van der Waals surface area contributed by atoms with Gasteiger partial charge in [0, 0.05) is 5.56 Å². The van der Waals surface area contributed by atoms with Crippen LogP contribution in [0.25, 0.3) is 0 Å². The highest BCUT2D eigenvalue weighted by atomic mass is 16.4. The third-order valence-corrected chi connectivity index (χ3v) is 2.59. The predicted octanol–water partition coefficient (Wildman–Crippen LogP) is 1.22. The molecule has 0 heterocycles. The summed E-state index contributed by atoms with van der Waals surface area (Å²) in [6, 6.07) is 4.42. The summed E-state index contributed by atoms with van der Waals surface area (Å²) in [4.78, 5) is 33.6. The number of carboxylic acid groups (broad SMARTS) is 2. The van der Waals surface area contributed by atoms with E-state index in [0.717, 1.165) is 0 Å². The molecule has 0 radical (unpaired) electrons. The molecule has 1 rings (SSSR count). The molecule has 102 valence electrons. The van der Waals surface area contributed by atoms with E-state index < -0.39 is 23.9 Å². The lowest BCUT2D eigenvalue weighted by molar-refractivity contribution is -0.140. The maximum Gasteiger partial charge on any atom is 0.335 e. The Labute approximate surface area is 110 Å². The van der Waals surface area contributed by atoms with E-state index in [1.165, 1.54) is 24.3 Å². The summed E-state index contributed by atoms with van der Waals surface area (Å²) in [5.74, 6) is -3.15. The van der Waals surface area contributed by atoms with Gasteiger partial charge in [-0.15, -0.1) is 0 Å². The number of rotatable bonds is 5. The lowest BCUT2D eigenvalue weighted by Gasteiger charge is -2.17. The molecule has 1 atom stereocenters. The Morgan fingerprint density at radius 3 is 2.16 bits per heavy atom. The molecule has 1 amide bonds. The molecule has 1 aromatic rings. The monoisotopic (exact) mass is 265 g/mol. The number of carbonyl (C=O) groups excluding carboxylic acids is 1. The van der Waals surface area contributed by atoms with Gasteiger partial charge in [-0.3, -0.25) is 4.79 Å². The molecule has 0 aliphatic carbocycles. The van der Waals surface area contributed by atoms with Crippen LogP contribution in [0.4, 0.5) is 0 Å². The van der Waals surface area contributed by atoms with Crippen molar-refractivity contribution in [3.05, 3.63) is 35.4 Å². The summed E-state index contributed by atoms with van der Waals surface area (Å²) in [5, 5.41) is 20.2. The molecule has 0 unspecified atom stereocenters. The molecule has 0 aromatic heterocycles. The Hall–Kier alpha value is -2.37. The Morgan fingerprint density at radius 1 is 1.11 bits per heavy atom. The zero-order valence-electron chi connectivity index (χ0n) is 10.6. The van der Waals surface area contributed by atoms with Gasteiger partial charge in [0.15, 0.2) is 0 Å². The van der Waals surface area contributed by atoms with E-state index in [1.54, 1.807) is 13.8 Å². The van der Waals surface area contributed by atoms with Gasteiger partial charge in [0.1, 0.15) is 6.04 Å². The summed E-state index contributed by atoms with van der Waals surface area (Å²) >= 11 is 0. The quantitative estimate of drug-likeness (QED) is 0.742. The van der Waals surface area contributed by atoms with Gasteiger partial charge < -0.3 is 15.5 Å². The second kappa shape index (κ2) is 5.99. The molecule has 19 heavy (non-hydrogen) atoms. The number of carboxylic acids is 2. The molecule has 0 bridgehead atoms. The first-order chi connectivity index (χ1) is 8.82. The lowest BCUT2D eigenvalue weighted by atomic mass is 10.0. The lowest BCUT2D eigenvalue weighted by Crippen LogP contribution is -2.44. The topological polar surface area (TPSA) is 104 Å². The van der Waals surface area contributed by atoms with E-state index >= 15 is 0 Å². The van der Waals surface area contributed by atoms with Crippen molar-refractivity contribution < 1.29 is 24.6 Å². The van der Waals surface area contributed by atoms with Gasteiger partial charge in [-0.1, -0.05) is 19.9 Å². The van der Waals surface area contributed by atoms with Gasteiger partial charge >= 0.3 is 11.9 Å². The summed E-state index contributed by atoms with van der Waals surface area (Å²) < 4.78 is 0. The molecular formula is C13H15NO5. The van der Waals surface area contributed by atoms with Crippen LogP contribution in [0, 0.1) is 5.92 Å². The normalized spacial score (nSPS) is 11.9. The Morgan fingerprint density at radius 2 is 1.68 bits per heavy atom. The van der Waals surface area contributed by atoms with Crippen molar-refractivity contribution >= 4 is 17.8 Å². The Bertz CT molecular complexity index is 510. The van der Waals surface area contributed by atoms with Gasteiger partial charge in [0.2, 0.25) is 0 Å². The number of carbonyl (C=O) groups is 3. The summed E-state index contributed by atoms with van der Waals surface area (Å²) in [6.45, 7) is 3.35. The van der Waals surface area contributed by atoms with E-state index in [4.69, 9.17) is 10.2 Å². The first-order valence-corrected chi connectivity index (χ1v) is 5.70. The minimum Gasteiger partial charge on any atom is -0.480 e. The molecule has 6 nitrogen and oxygen atoms in total. The molecule has 0 fully saturated rings. The van der Waals surface area contributed by atoms with E-state index in [9.17, 15) is 14.4 Å². The first-order valence-electron chi connectivity index (χ1n) is 5.70. The predicted molar refractivity (Wildman–Crippen MR) is 67.1 cm³/mol. The van der Waals surface area contributed by atoms with Crippen LogP contribution in [0.1, 0.15) is 34.6 Å². The molecule has 0 saturated heterocycles. The van der Waals surface area contributed by atoms with Crippen LogP contribution in [-0.2, 0) is 4.79 Å². The van der Waals surface area contributed by atoms with Crippen LogP contribution in [0.5, 0.6) is 0 Å². The molecule has 0 spiro atoms. The third kappa shape index (κ3) is 3.80. The van der Waals surface area contributed by atoms with Crippen molar-refractivity contribution in [3.8, 4) is 0 Å². The van der Waals surface area contributed by atoms with Gasteiger partial charge in [-0.05, 0) is 24.1 Å². The van der Waals surface area contributed by atoms with Gasteiger partial charge in [0.25, 0.3) is 5.91 Å². The highest BCUT2D eigenvalue weighted by Crippen LogP contribution is 2.08. The Balaban J connectivity index is 2.91. The van der Waals surface area contributed by atoms with Crippen molar-refractivity contribution in [2.75, 3.05) is 0 Å². The first kappa shape index (κ1) is 14.7. The zero-order valence-corrected chi connectivity index (χ0v) is 10.6. The highest BCUT2D eigenvalue weighted by molar-refractivity contribution is 5.99. The molecule has 0 saturated carbocycles. The maximum atomic E-state index is 11.9. The zero-order chi connectivity index (χ0) is 14.6. The van der Waals surface area contributed by atoms with Crippen LogP contribution in [0.15, 0.2) is 24.3 Å². The average Bonchev–Trinajstić information content (AvgIpc) is 2.34. The van der Waals surface area contributed by atoms with E-state index in [1.807, 2.05) is 0 Å². The molecule has 6 heteroatoms. The molecule has 3 N–H and O–H groups in total. The number of aromatic carboxylic acids is 1. The number of aliphatic carboxylic acids is 1. The highest BCUT2D eigenvalue weighted by Gasteiger charge is 2.24. The van der Waals surface area contributed by atoms with E-state index in [-0.39, 0.29) is 17.0 Å². The van der Waals surface area contributed by atoms with Crippen molar-refractivity contribution in [2.45, 2.75) is 19.9 Å². The molecule has 0 aliphatic heterocycles. The third-order valence-electron chi connectivity index (χ3n) is 2.59. The number of hydrogen-bond acceptors (Lipinski definition) is 3. The smallest absolute Gasteiger partial charge is 0.335 e.